The molecule has 0 aromatic carbocycles. The first-order valence-corrected chi connectivity index (χ1v) is 5.70. The highest BCUT2D eigenvalue weighted by Crippen LogP contribution is 2.26. The van der Waals surface area contributed by atoms with Gasteiger partial charge in [0.1, 0.15) is 5.25 Å². The first-order valence-electron chi connectivity index (χ1n) is 3.74. The second-order valence-corrected chi connectivity index (χ2v) is 5.39. The Kier molecular flexibility index (Phi) is 2.34. The molecular weight excluding hydrogens is 192 g/mol. The SMILES string of the molecule is Cc1c(N)noc1C(C)S(C)(=O)=O. The fraction of sp³-hybridized carbons (Fsp3) is 0.571. The zero-order valence-electron chi connectivity index (χ0n) is 7.73. The van der Waals surface area contributed by atoms with Gasteiger partial charge in [0, 0.05) is 11.8 Å². The largest absolute Gasteiger partial charge is 0.381 e. The van der Waals surface area contributed by atoms with Gasteiger partial charge >= 0.3 is 0 Å². The predicted molar refractivity (Wildman–Crippen MR) is 48.9 cm³/mol. The fourth-order valence-electron chi connectivity index (χ4n) is 0.935. The molecule has 0 radical (unpaired) electrons. The molecular formula is C7H12N2O3S. The van der Waals surface area contributed by atoms with Crippen molar-refractivity contribution in [3.8, 4) is 0 Å². The summed E-state index contributed by atoms with van der Waals surface area (Å²) >= 11 is 0. The number of hydrogen-bond donors (Lipinski definition) is 1. The number of sulfone groups is 1. The van der Waals surface area contributed by atoms with E-state index in [0.29, 0.717) is 11.3 Å². The Hall–Kier alpha value is -1.04. The lowest BCUT2D eigenvalue weighted by Crippen LogP contribution is -2.07. The molecule has 1 heterocycles. The van der Waals surface area contributed by atoms with Gasteiger partial charge in [-0.2, -0.15) is 0 Å². The minimum Gasteiger partial charge on any atom is -0.381 e. The molecule has 13 heavy (non-hydrogen) atoms. The lowest BCUT2D eigenvalue weighted by atomic mass is 10.2. The van der Waals surface area contributed by atoms with Crippen molar-refractivity contribution >= 4 is 15.7 Å². The summed E-state index contributed by atoms with van der Waals surface area (Å²) in [6.07, 6.45) is 1.15. The highest BCUT2D eigenvalue weighted by Gasteiger charge is 2.24. The Morgan fingerprint density at radius 3 is 2.38 bits per heavy atom. The Morgan fingerprint density at radius 1 is 1.54 bits per heavy atom. The Balaban J connectivity index is 3.17. The van der Waals surface area contributed by atoms with E-state index in [0.717, 1.165) is 6.26 Å². The van der Waals surface area contributed by atoms with Crippen LogP contribution in [-0.2, 0) is 9.84 Å². The van der Waals surface area contributed by atoms with Crippen LogP contribution in [0.5, 0.6) is 0 Å². The van der Waals surface area contributed by atoms with Crippen LogP contribution in [0.25, 0.3) is 0 Å². The summed E-state index contributed by atoms with van der Waals surface area (Å²) in [4.78, 5) is 0. The molecule has 1 unspecified atom stereocenters. The smallest absolute Gasteiger partial charge is 0.170 e. The Morgan fingerprint density at radius 2 is 2.08 bits per heavy atom. The molecule has 1 rings (SSSR count). The van der Waals surface area contributed by atoms with E-state index in [-0.39, 0.29) is 5.82 Å². The van der Waals surface area contributed by atoms with Crippen LogP contribution in [0.1, 0.15) is 23.5 Å². The van der Waals surface area contributed by atoms with E-state index in [2.05, 4.69) is 5.16 Å². The highest BCUT2D eigenvalue weighted by atomic mass is 32.2. The molecule has 1 atom stereocenters. The van der Waals surface area contributed by atoms with E-state index < -0.39 is 15.1 Å². The van der Waals surface area contributed by atoms with Crippen LogP contribution in [0.3, 0.4) is 0 Å². The maximum atomic E-state index is 11.2. The summed E-state index contributed by atoms with van der Waals surface area (Å²) in [6, 6.07) is 0. The third-order valence-electron chi connectivity index (χ3n) is 2.01. The van der Waals surface area contributed by atoms with Gasteiger partial charge in [-0.1, -0.05) is 5.16 Å². The van der Waals surface area contributed by atoms with Gasteiger partial charge in [-0.05, 0) is 13.8 Å². The number of nitrogen functional groups attached to an aromatic ring is 1. The normalized spacial score (nSPS) is 14.4. The minimum absolute atomic E-state index is 0.241. The van der Waals surface area contributed by atoms with Crippen molar-refractivity contribution in [2.75, 3.05) is 12.0 Å². The lowest BCUT2D eigenvalue weighted by molar-refractivity contribution is 0.383. The molecule has 0 aliphatic carbocycles. The fourth-order valence-corrected chi connectivity index (χ4v) is 1.54. The second kappa shape index (κ2) is 3.02. The van der Waals surface area contributed by atoms with Gasteiger partial charge in [-0.15, -0.1) is 0 Å². The average Bonchev–Trinajstić information content (AvgIpc) is 2.30. The Bertz CT molecular complexity index is 407. The zero-order valence-corrected chi connectivity index (χ0v) is 8.55. The first-order chi connectivity index (χ1) is 5.84. The molecule has 0 saturated carbocycles. The van der Waals surface area contributed by atoms with Crippen LogP contribution >= 0.6 is 0 Å². The van der Waals surface area contributed by atoms with Gasteiger partial charge < -0.3 is 10.3 Å². The van der Waals surface area contributed by atoms with Gasteiger partial charge in [0.05, 0.1) is 0 Å². The average molecular weight is 204 g/mol. The monoisotopic (exact) mass is 204 g/mol. The molecule has 1 aromatic heterocycles. The molecule has 0 aliphatic heterocycles. The first kappa shape index (κ1) is 10.0. The summed E-state index contributed by atoms with van der Waals surface area (Å²) in [6.45, 7) is 3.23. The predicted octanol–water partition coefficient (Wildman–Crippen LogP) is 0.671. The Labute approximate surface area is 76.8 Å². The van der Waals surface area contributed by atoms with E-state index in [1.807, 2.05) is 0 Å². The number of rotatable bonds is 2. The molecule has 74 valence electrons. The highest BCUT2D eigenvalue weighted by molar-refractivity contribution is 7.90. The van der Waals surface area contributed by atoms with Gasteiger partial charge in [-0.25, -0.2) is 8.42 Å². The van der Waals surface area contributed by atoms with Gasteiger partial charge in [0.15, 0.2) is 21.4 Å². The van der Waals surface area contributed by atoms with Crippen molar-refractivity contribution in [3.63, 3.8) is 0 Å². The number of hydrogen-bond acceptors (Lipinski definition) is 5. The molecule has 0 spiro atoms. The number of anilines is 1. The third kappa shape index (κ3) is 1.82. The quantitative estimate of drug-likeness (QED) is 0.765. The molecule has 0 aliphatic rings. The van der Waals surface area contributed by atoms with E-state index in [1.54, 1.807) is 13.8 Å². The summed E-state index contributed by atoms with van der Waals surface area (Å²) in [5.41, 5.74) is 6.02. The molecule has 1 aromatic rings. The maximum Gasteiger partial charge on any atom is 0.170 e. The van der Waals surface area contributed by atoms with Crippen molar-refractivity contribution in [2.45, 2.75) is 19.1 Å². The van der Waals surface area contributed by atoms with Crippen LogP contribution in [0.4, 0.5) is 5.82 Å². The van der Waals surface area contributed by atoms with Gasteiger partial charge in [-0.3, -0.25) is 0 Å². The van der Waals surface area contributed by atoms with Crippen LogP contribution in [-0.4, -0.2) is 19.8 Å². The van der Waals surface area contributed by atoms with E-state index in [4.69, 9.17) is 10.3 Å². The van der Waals surface area contributed by atoms with Crippen molar-refractivity contribution < 1.29 is 12.9 Å². The summed E-state index contributed by atoms with van der Waals surface area (Å²) in [7, 11) is -3.15. The molecule has 2 N–H and O–H groups in total. The molecule has 0 amide bonds. The lowest BCUT2D eigenvalue weighted by Gasteiger charge is -2.04. The maximum absolute atomic E-state index is 11.2. The molecule has 6 heteroatoms. The summed E-state index contributed by atoms with van der Waals surface area (Å²) in [5.74, 6) is 0.561. The van der Waals surface area contributed by atoms with E-state index in [1.165, 1.54) is 0 Å². The minimum atomic E-state index is -3.15. The molecule has 0 fully saturated rings. The van der Waals surface area contributed by atoms with E-state index in [9.17, 15) is 8.42 Å². The molecule has 0 bridgehead atoms. The molecule has 5 nitrogen and oxygen atoms in total. The van der Waals surface area contributed by atoms with Crippen LogP contribution in [0.2, 0.25) is 0 Å². The molecule has 0 saturated heterocycles. The number of nitrogens with zero attached hydrogens (tertiary/aromatic N) is 1. The zero-order chi connectivity index (χ0) is 10.2. The third-order valence-corrected chi connectivity index (χ3v) is 3.51. The van der Waals surface area contributed by atoms with Gasteiger partial charge in [0.2, 0.25) is 0 Å². The standard InChI is InChI=1S/C7H12N2O3S/c1-4-6(12-9-7(4)8)5(2)13(3,10)11/h5H,1-3H3,(H2,8,9). The van der Waals surface area contributed by atoms with Crippen molar-refractivity contribution in [1.82, 2.24) is 5.16 Å². The van der Waals surface area contributed by atoms with Gasteiger partial charge in [0.25, 0.3) is 0 Å². The van der Waals surface area contributed by atoms with Crippen molar-refractivity contribution in [1.29, 1.82) is 0 Å². The van der Waals surface area contributed by atoms with Crippen LogP contribution < -0.4 is 5.73 Å². The second-order valence-electron chi connectivity index (χ2n) is 3.03. The topological polar surface area (TPSA) is 86.2 Å². The van der Waals surface area contributed by atoms with Crippen molar-refractivity contribution in [2.24, 2.45) is 0 Å². The van der Waals surface area contributed by atoms with Crippen molar-refractivity contribution in [3.05, 3.63) is 11.3 Å². The number of aromatic nitrogens is 1. The number of nitrogens with two attached hydrogens (primary N) is 1. The van der Waals surface area contributed by atoms with Crippen LogP contribution in [0, 0.1) is 6.92 Å². The van der Waals surface area contributed by atoms with Crippen LogP contribution in [0.15, 0.2) is 4.52 Å². The summed E-state index contributed by atoms with van der Waals surface area (Å²) < 4.78 is 27.2. The van der Waals surface area contributed by atoms with E-state index >= 15 is 0 Å². The summed E-state index contributed by atoms with van der Waals surface area (Å²) in [5, 5.41) is 2.79.